The minimum absolute atomic E-state index is 0.435. The lowest BCUT2D eigenvalue weighted by molar-refractivity contribution is -0.0390. The van der Waals surface area contributed by atoms with E-state index >= 15 is 0 Å². The van der Waals surface area contributed by atoms with Gasteiger partial charge in [-0.2, -0.15) is 0 Å². The van der Waals surface area contributed by atoms with E-state index in [1.165, 1.54) is 0 Å². The number of rotatable bonds is 21. The second-order valence-corrected chi connectivity index (χ2v) is 9.46. The summed E-state index contributed by atoms with van der Waals surface area (Å²) in [6.07, 6.45) is 0. The fourth-order valence-corrected chi connectivity index (χ4v) is 4.37. The van der Waals surface area contributed by atoms with Crippen molar-refractivity contribution in [2.45, 2.75) is 5.60 Å². The molecule has 206 valence electrons. The van der Waals surface area contributed by atoms with Crippen LogP contribution in [-0.4, -0.2) is 77.1 Å². The zero-order valence-electron chi connectivity index (χ0n) is 22.0. The van der Waals surface area contributed by atoms with Crippen LogP contribution in [-0.2, 0) is 34.0 Å². The molecule has 0 fully saturated rings. The summed E-state index contributed by atoms with van der Waals surface area (Å²) in [6, 6.07) is 31.1. The average molecular weight is 635 g/mol. The molecule has 3 aromatic rings. The van der Waals surface area contributed by atoms with Gasteiger partial charge in [0, 0.05) is 4.43 Å². The van der Waals surface area contributed by atoms with Gasteiger partial charge in [0.15, 0.2) is 0 Å². The van der Waals surface area contributed by atoms with Gasteiger partial charge in [-0.05, 0) is 16.7 Å². The minimum atomic E-state index is -0.729. The van der Waals surface area contributed by atoms with Crippen molar-refractivity contribution in [3.63, 3.8) is 0 Å². The topological polar surface area (TPSA) is 55.4 Å². The van der Waals surface area contributed by atoms with Crippen molar-refractivity contribution in [3.05, 3.63) is 108 Å². The molecule has 0 saturated carbocycles. The molecule has 0 aromatic heterocycles. The molecule has 0 spiro atoms. The summed E-state index contributed by atoms with van der Waals surface area (Å²) in [7, 11) is 0. The SMILES string of the molecule is ICCOCCOCCOCCOCCOCCOC(c1ccccc1)(c1ccccc1)c1ccccc1. The lowest BCUT2D eigenvalue weighted by Crippen LogP contribution is -2.34. The third-order valence-corrected chi connectivity index (χ3v) is 6.24. The van der Waals surface area contributed by atoms with Crippen LogP contribution in [0.25, 0.3) is 0 Å². The fourth-order valence-electron chi connectivity index (χ4n) is 4.06. The molecule has 0 aliphatic heterocycles. The Kier molecular flexibility index (Phi) is 15.5. The molecule has 6 nitrogen and oxygen atoms in total. The molecule has 0 saturated heterocycles. The van der Waals surface area contributed by atoms with Crippen LogP contribution in [0.3, 0.4) is 0 Å². The van der Waals surface area contributed by atoms with Crippen molar-refractivity contribution in [3.8, 4) is 0 Å². The number of halogens is 1. The van der Waals surface area contributed by atoms with Crippen molar-refractivity contribution in [2.24, 2.45) is 0 Å². The maximum Gasteiger partial charge on any atom is 0.143 e. The van der Waals surface area contributed by atoms with Gasteiger partial charge in [0.1, 0.15) is 5.60 Å². The van der Waals surface area contributed by atoms with Crippen LogP contribution in [0, 0.1) is 0 Å². The average Bonchev–Trinajstić information content (AvgIpc) is 2.98. The zero-order chi connectivity index (χ0) is 26.6. The van der Waals surface area contributed by atoms with E-state index in [0.29, 0.717) is 66.1 Å². The summed E-state index contributed by atoms with van der Waals surface area (Å²) >= 11 is 2.29. The highest BCUT2D eigenvalue weighted by Crippen LogP contribution is 2.40. The highest BCUT2D eigenvalue weighted by molar-refractivity contribution is 14.1. The van der Waals surface area contributed by atoms with Crippen molar-refractivity contribution in [1.82, 2.24) is 0 Å². The first-order valence-corrected chi connectivity index (χ1v) is 14.7. The fraction of sp³-hybridized carbons (Fsp3) is 0.419. The van der Waals surface area contributed by atoms with E-state index in [1.54, 1.807) is 0 Å². The number of alkyl halides is 1. The Labute approximate surface area is 240 Å². The van der Waals surface area contributed by atoms with E-state index in [-0.39, 0.29) is 0 Å². The van der Waals surface area contributed by atoms with Gasteiger partial charge in [-0.1, -0.05) is 114 Å². The molecule has 0 aliphatic rings. The van der Waals surface area contributed by atoms with Crippen LogP contribution in [0.15, 0.2) is 91.0 Å². The largest absolute Gasteiger partial charge is 0.378 e. The van der Waals surface area contributed by atoms with E-state index in [1.807, 2.05) is 54.6 Å². The number of ether oxygens (including phenoxy) is 6. The molecule has 0 amide bonds. The van der Waals surface area contributed by atoms with Gasteiger partial charge in [-0.15, -0.1) is 0 Å². The molecule has 7 heteroatoms. The van der Waals surface area contributed by atoms with Gasteiger partial charge >= 0.3 is 0 Å². The molecular formula is C31H39IO6. The van der Waals surface area contributed by atoms with Gasteiger partial charge in [-0.3, -0.25) is 0 Å². The highest BCUT2D eigenvalue weighted by Gasteiger charge is 2.37. The smallest absolute Gasteiger partial charge is 0.143 e. The summed E-state index contributed by atoms with van der Waals surface area (Å²) in [5, 5.41) is 0. The van der Waals surface area contributed by atoms with E-state index in [2.05, 4.69) is 59.0 Å². The van der Waals surface area contributed by atoms with Crippen LogP contribution in [0.1, 0.15) is 16.7 Å². The summed E-state index contributed by atoms with van der Waals surface area (Å²) in [5.74, 6) is 0. The monoisotopic (exact) mass is 634 g/mol. The normalized spacial score (nSPS) is 11.6. The standard InChI is InChI=1S/C31H39IO6/c32-16-17-33-18-19-34-20-21-35-22-23-36-24-25-37-26-27-38-31(28-10-4-1-5-11-28,29-12-6-2-7-13-29)30-14-8-3-9-15-30/h1-15H,16-27H2. The van der Waals surface area contributed by atoms with Crippen molar-refractivity contribution in [1.29, 1.82) is 0 Å². The molecular weight excluding hydrogens is 595 g/mol. The number of benzene rings is 3. The predicted molar refractivity (Wildman–Crippen MR) is 158 cm³/mol. The van der Waals surface area contributed by atoms with Gasteiger partial charge in [0.2, 0.25) is 0 Å². The molecule has 0 atom stereocenters. The van der Waals surface area contributed by atoms with Crippen LogP contribution >= 0.6 is 22.6 Å². The Balaban J connectivity index is 1.38. The quantitative estimate of drug-likeness (QED) is 0.0667. The molecule has 0 bridgehead atoms. The second kappa shape index (κ2) is 19.2. The first kappa shape index (κ1) is 30.7. The van der Waals surface area contributed by atoms with E-state index in [0.717, 1.165) is 27.7 Å². The Hall–Kier alpha value is -1.85. The lowest BCUT2D eigenvalue weighted by atomic mass is 9.80. The molecule has 3 rings (SSSR count). The number of hydrogen-bond acceptors (Lipinski definition) is 6. The van der Waals surface area contributed by atoms with Crippen LogP contribution in [0.4, 0.5) is 0 Å². The van der Waals surface area contributed by atoms with Crippen molar-refractivity contribution in [2.75, 3.05) is 77.1 Å². The van der Waals surface area contributed by atoms with Crippen molar-refractivity contribution < 1.29 is 28.4 Å². The summed E-state index contributed by atoms with van der Waals surface area (Å²) in [6.45, 7) is 6.08. The second-order valence-electron chi connectivity index (χ2n) is 8.38. The summed E-state index contributed by atoms with van der Waals surface area (Å²) in [5.41, 5.74) is 2.51. The Bertz CT molecular complexity index is 861. The molecule has 38 heavy (non-hydrogen) atoms. The van der Waals surface area contributed by atoms with Crippen LogP contribution in [0.2, 0.25) is 0 Å². The van der Waals surface area contributed by atoms with Crippen molar-refractivity contribution >= 4 is 22.6 Å². The maximum absolute atomic E-state index is 6.70. The van der Waals surface area contributed by atoms with E-state index < -0.39 is 5.60 Å². The Morgan fingerprint density at radius 3 is 1.00 bits per heavy atom. The van der Waals surface area contributed by atoms with Gasteiger partial charge in [0.05, 0.1) is 72.7 Å². The van der Waals surface area contributed by atoms with Gasteiger partial charge in [-0.25, -0.2) is 0 Å². The molecule has 0 aliphatic carbocycles. The minimum Gasteiger partial charge on any atom is -0.378 e. The van der Waals surface area contributed by atoms with Gasteiger partial charge in [0.25, 0.3) is 0 Å². The molecule has 0 unspecified atom stereocenters. The van der Waals surface area contributed by atoms with Crippen LogP contribution in [0.5, 0.6) is 0 Å². The van der Waals surface area contributed by atoms with E-state index in [9.17, 15) is 0 Å². The molecule has 0 radical (unpaired) electrons. The molecule has 0 heterocycles. The Morgan fingerprint density at radius 1 is 0.395 bits per heavy atom. The molecule has 3 aromatic carbocycles. The predicted octanol–water partition coefficient (Wildman–Crippen LogP) is 5.51. The summed E-state index contributed by atoms with van der Waals surface area (Å²) in [4.78, 5) is 0. The highest BCUT2D eigenvalue weighted by atomic mass is 127. The maximum atomic E-state index is 6.70. The third-order valence-electron chi connectivity index (χ3n) is 5.80. The molecule has 0 N–H and O–H groups in total. The van der Waals surface area contributed by atoms with Gasteiger partial charge < -0.3 is 28.4 Å². The first-order valence-electron chi connectivity index (χ1n) is 13.1. The van der Waals surface area contributed by atoms with Crippen LogP contribution < -0.4 is 0 Å². The zero-order valence-corrected chi connectivity index (χ0v) is 24.1. The van der Waals surface area contributed by atoms with E-state index in [4.69, 9.17) is 28.4 Å². The lowest BCUT2D eigenvalue weighted by Gasteiger charge is -2.36. The first-order chi connectivity index (χ1) is 18.9. The number of hydrogen-bond donors (Lipinski definition) is 0. The Morgan fingerprint density at radius 2 is 0.684 bits per heavy atom. The summed E-state index contributed by atoms with van der Waals surface area (Å²) < 4.78 is 35.4. The third kappa shape index (κ3) is 10.4.